The smallest absolute Gasteiger partial charge is 0.252 e. The summed E-state index contributed by atoms with van der Waals surface area (Å²) >= 11 is 0. The van der Waals surface area contributed by atoms with Crippen LogP contribution in [0, 0.1) is 18.8 Å². The van der Waals surface area contributed by atoms with E-state index in [-0.39, 0.29) is 19.1 Å². The van der Waals surface area contributed by atoms with Crippen molar-refractivity contribution >= 4 is 5.91 Å². The summed E-state index contributed by atoms with van der Waals surface area (Å²) < 4.78 is 4.93. The number of nitrogens with zero attached hydrogens (tertiary/aromatic N) is 1. The monoisotopic (exact) mass is 284 g/mol. The van der Waals surface area contributed by atoms with Gasteiger partial charge in [0.25, 0.3) is 5.91 Å². The number of carbonyl (C=O) groups excluding carboxylic acids is 1. The molecule has 21 heavy (non-hydrogen) atoms. The predicted molar refractivity (Wildman–Crippen MR) is 77.4 cm³/mol. The van der Waals surface area contributed by atoms with Gasteiger partial charge in [-0.2, -0.15) is 0 Å². The summed E-state index contributed by atoms with van der Waals surface area (Å²) in [7, 11) is 0. The maximum atomic E-state index is 12.2. The Morgan fingerprint density at radius 1 is 1.43 bits per heavy atom. The minimum absolute atomic E-state index is 0.00579. The third kappa shape index (κ3) is 4.20. The molecular formula is C16H16N2O3. The van der Waals surface area contributed by atoms with Gasteiger partial charge in [-0.25, -0.2) is 0 Å². The minimum atomic E-state index is -0.223. The van der Waals surface area contributed by atoms with Crippen LogP contribution in [0.5, 0.6) is 0 Å². The topological polar surface area (TPSA) is 75.4 Å². The van der Waals surface area contributed by atoms with E-state index in [9.17, 15) is 4.79 Å². The lowest BCUT2D eigenvalue weighted by molar-refractivity contribution is 0.0947. The lowest BCUT2D eigenvalue weighted by Gasteiger charge is -2.06. The Morgan fingerprint density at radius 2 is 2.29 bits per heavy atom. The van der Waals surface area contributed by atoms with Crippen LogP contribution < -0.4 is 5.32 Å². The first kappa shape index (κ1) is 14.8. The molecule has 1 aromatic heterocycles. The van der Waals surface area contributed by atoms with E-state index < -0.39 is 0 Å². The molecule has 1 aromatic carbocycles. The molecule has 5 heteroatoms. The van der Waals surface area contributed by atoms with Crippen LogP contribution in [0.4, 0.5) is 0 Å². The highest BCUT2D eigenvalue weighted by molar-refractivity contribution is 5.96. The zero-order valence-electron chi connectivity index (χ0n) is 11.7. The molecule has 0 aliphatic carbocycles. The number of aliphatic hydroxyl groups is 1. The number of nitrogens with one attached hydrogen (secondary N) is 1. The summed E-state index contributed by atoms with van der Waals surface area (Å²) in [6.45, 7) is 2.22. The third-order valence-electron chi connectivity index (χ3n) is 2.79. The first-order chi connectivity index (χ1) is 10.2. The number of aliphatic hydroxyl groups excluding tert-OH is 1. The normalized spacial score (nSPS) is 9.81. The van der Waals surface area contributed by atoms with E-state index in [1.165, 1.54) is 6.20 Å². The summed E-state index contributed by atoms with van der Waals surface area (Å²) in [5.41, 5.74) is 2.18. The van der Waals surface area contributed by atoms with E-state index in [0.29, 0.717) is 23.3 Å². The number of amides is 1. The van der Waals surface area contributed by atoms with Gasteiger partial charge in [0.15, 0.2) is 5.76 Å². The molecule has 0 fully saturated rings. The van der Waals surface area contributed by atoms with E-state index in [4.69, 9.17) is 9.63 Å². The van der Waals surface area contributed by atoms with Gasteiger partial charge in [0.1, 0.15) is 0 Å². The highest BCUT2D eigenvalue weighted by atomic mass is 16.5. The Morgan fingerprint density at radius 3 is 3.00 bits per heavy atom. The van der Waals surface area contributed by atoms with Crippen LogP contribution in [0.3, 0.4) is 0 Å². The second-order valence-corrected chi connectivity index (χ2v) is 4.49. The number of carbonyl (C=O) groups is 1. The average Bonchev–Trinajstić information content (AvgIpc) is 2.98. The van der Waals surface area contributed by atoms with Crippen LogP contribution in [0.15, 0.2) is 35.0 Å². The van der Waals surface area contributed by atoms with Gasteiger partial charge in [-0.1, -0.05) is 23.1 Å². The summed E-state index contributed by atoms with van der Waals surface area (Å²) in [6.07, 6.45) is 1.91. The van der Waals surface area contributed by atoms with Crippen LogP contribution in [0.1, 0.15) is 33.7 Å². The van der Waals surface area contributed by atoms with Crippen molar-refractivity contribution < 1.29 is 14.4 Å². The van der Waals surface area contributed by atoms with Gasteiger partial charge in [0.2, 0.25) is 0 Å². The van der Waals surface area contributed by atoms with Gasteiger partial charge in [-0.3, -0.25) is 4.79 Å². The zero-order valence-corrected chi connectivity index (χ0v) is 11.7. The number of aromatic nitrogens is 1. The van der Waals surface area contributed by atoms with Gasteiger partial charge >= 0.3 is 0 Å². The molecule has 0 unspecified atom stereocenters. The minimum Gasteiger partial charge on any atom is -0.395 e. The largest absolute Gasteiger partial charge is 0.395 e. The van der Waals surface area contributed by atoms with Gasteiger partial charge in [-0.05, 0) is 24.6 Å². The van der Waals surface area contributed by atoms with Crippen LogP contribution in [-0.2, 0) is 6.54 Å². The molecule has 0 aliphatic heterocycles. The van der Waals surface area contributed by atoms with Crippen LogP contribution in [-0.4, -0.2) is 22.8 Å². The Kier molecular flexibility index (Phi) is 5.13. The molecule has 0 saturated carbocycles. The van der Waals surface area contributed by atoms with Crippen molar-refractivity contribution in [3.63, 3.8) is 0 Å². The fourth-order valence-electron chi connectivity index (χ4n) is 1.77. The molecule has 1 heterocycles. The Labute approximate surface area is 123 Å². The summed E-state index contributed by atoms with van der Waals surface area (Å²) in [5, 5.41) is 15.1. The SMILES string of the molecule is Cc1ccc(C(=O)NCc2ccno2)c(C#CCCO)c1. The molecule has 0 aliphatic rings. The number of rotatable bonds is 4. The van der Waals surface area contributed by atoms with Gasteiger partial charge in [0.05, 0.1) is 24.9 Å². The lowest BCUT2D eigenvalue weighted by atomic mass is 10.0. The van der Waals surface area contributed by atoms with Gasteiger partial charge < -0.3 is 14.9 Å². The van der Waals surface area contributed by atoms with Crippen molar-refractivity contribution in [3.05, 3.63) is 52.9 Å². The van der Waals surface area contributed by atoms with Crippen molar-refractivity contribution in [2.24, 2.45) is 0 Å². The molecule has 0 atom stereocenters. The second-order valence-electron chi connectivity index (χ2n) is 4.49. The fraction of sp³-hybridized carbons (Fsp3) is 0.250. The molecule has 108 valence electrons. The summed E-state index contributed by atoms with van der Waals surface area (Å²) in [5.74, 6) is 6.12. The molecule has 0 radical (unpaired) electrons. The molecule has 2 aromatic rings. The number of aryl methyl sites for hydroxylation is 1. The predicted octanol–water partition coefficient (Wildman–Crippen LogP) is 1.65. The molecule has 5 nitrogen and oxygen atoms in total. The molecule has 1 amide bonds. The first-order valence-electron chi connectivity index (χ1n) is 6.59. The van der Waals surface area contributed by atoms with Crippen LogP contribution in [0.25, 0.3) is 0 Å². The molecular weight excluding hydrogens is 268 g/mol. The van der Waals surface area contributed by atoms with Gasteiger partial charge in [0, 0.05) is 18.1 Å². The van der Waals surface area contributed by atoms with E-state index in [1.807, 2.05) is 19.1 Å². The maximum Gasteiger partial charge on any atom is 0.252 e. The zero-order chi connectivity index (χ0) is 15.1. The lowest BCUT2D eigenvalue weighted by Crippen LogP contribution is -2.23. The van der Waals surface area contributed by atoms with E-state index in [0.717, 1.165) is 5.56 Å². The third-order valence-corrected chi connectivity index (χ3v) is 2.79. The Bertz CT molecular complexity index is 667. The number of hydrogen-bond donors (Lipinski definition) is 2. The van der Waals surface area contributed by atoms with Crippen molar-refractivity contribution in [1.82, 2.24) is 10.5 Å². The number of benzene rings is 1. The molecule has 2 N–H and O–H groups in total. The highest BCUT2D eigenvalue weighted by Gasteiger charge is 2.10. The quantitative estimate of drug-likeness (QED) is 0.837. The molecule has 0 spiro atoms. The standard InChI is InChI=1S/C16H16N2O3/c1-12-5-6-15(13(10-12)4-2-3-9-19)16(20)17-11-14-7-8-18-21-14/h5-8,10,19H,3,9,11H2,1H3,(H,17,20). The van der Waals surface area contributed by atoms with E-state index in [1.54, 1.807) is 12.1 Å². The Balaban J connectivity index is 2.14. The first-order valence-corrected chi connectivity index (χ1v) is 6.59. The van der Waals surface area contributed by atoms with Gasteiger partial charge in [-0.15, -0.1) is 0 Å². The summed E-state index contributed by atoms with van der Waals surface area (Å²) in [6, 6.07) is 7.15. The van der Waals surface area contributed by atoms with Crippen molar-refractivity contribution in [3.8, 4) is 11.8 Å². The Hall–Kier alpha value is -2.58. The number of hydrogen-bond acceptors (Lipinski definition) is 4. The maximum absolute atomic E-state index is 12.2. The summed E-state index contributed by atoms with van der Waals surface area (Å²) in [4.78, 5) is 12.2. The molecule has 0 bridgehead atoms. The van der Waals surface area contributed by atoms with Crippen LogP contribution in [0.2, 0.25) is 0 Å². The van der Waals surface area contributed by atoms with E-state index >= 15 is 0 Å². The second kappa shape index (κ2) is 7.27. The fourth-order valence-corrected chi connectivity index (χ4v) is 1.77. The highest BCUT2D eigenvalue weighted by Crippen LogP contribution is 2.11. The van der Waals surface area contributed by atoms with Crippen molar-refractivity contribution in [1.29, 1.82) is 0 Å². The van der Waals surface area contributed by atoms with Crippen molar-refractivity contribution in [2.75, 3.05) is 6.61 Å². The van der Waals surface area contributed by atoms with Crippen molar-refractivity contribution in [2.45, 2.75) is 19.9 Å². The molecule has 0 saturated heterocycles. The van der Waals surface area contributed by atoms with Crippen LogP contribution >= 0.6 is 0 Å². The molecule has 2 rings (SSSR count). The van der Waals surface area contributed by atoms with E-state index in [2.05, 4.69) is 22.3 Å². The average molecular weight is 284 g/mol.